The Hall–Kier alpha value is -2.37. The maximum Gasteiger partial charge on any atom is 0.253 e. The van der Waals surface area contributed by atoms with Crippen LogP contribution in [-0.4, -0.2) is 24.4 Å². The van der Waals surface area contributed by atoms with E-state index in [9.17, 15) is 9.59 Å². The average molecular weight is 400 g/mol. The summed E-state index contributed by atoms with van der Waals surface area (Å²) < 4.78 is 0. The van der Waals surface area contributed by atoms with Crippen molar-refractivity contribution in [3.05, 3.63) is 64.7 Å². The number of halogens is 1. The van der Waals surface area contributed by atoms with Crippen LogP contribution in [0.25, 0.3) is 0 Å². The van der Waals surface area contributed by atoms with Gasteiger partial charge in [-0.1, -0.05) is 48.7 Å². The van der Waals surface area contributed by atoms with Gasteiger partial charge in [-0.15, -0.1) is 0 Å². The SMILES string of the molecule is C[C@H](NCC(=O)Nc1ccccc1C(=O)NC1CCCC1)c1ccc(Cl)cc1. The van der Waals surface area contributed by atoms with Crippen LogP contribution in [-0.2, 0) is 4.79 Å². The first-order valence-corrected chi connectivity index (χ1v) is 10.1. The van der Waals surface area contributed by atoms with Crippen molar-refractivity contribution in [1.82, 2.24) is 10.6 Å². The molecule has 5 nitrogen and oxygen atoms in total. The van der Waals surface area contributed by atoms with Crippen molar-refractivity contribution in [3.63, 3.8) is 0 Å². The predicted molar refractivity (Wildman–Crippen MR) is 113 cm³/mol. The summed E-state index contributed by atoms with van der Waals surface area (Å²) in [4.78, 5) is 25.0. The van der Waals surface area contributed by atoms with Gasteiger partial charge >= 0.3 is 0 Å². The van der Waals surface area contributed by atoms with Crippen molar-refractivity contribution in [2.24, 2.45) is 0 Å². The molecule has 3 N–H and O–H groups in total. The van der Waals surface area contributed by atoms with Crippen molar-refractivity contribution in [2.45, 2.75) is 44.7 Å². The first-order chi connectivity index (χ1) is 13.5. The molecule has 0 saturated heterocycles. The molecule has 148 valence electrons. The summed E-state index contributed by atoms with van der Waals surface area (Å²) in [6, 6.07) is 14.9. The van der Waals surface area contributed by atoms with E-state index in [1.807, 2.05) is 37.3 Å². The maximum absolute atomic E-state index is 12.6. The van der Waals surface area contributed by atoms with E-state index >= 15 is 0 Å². The lowest BCUT2D eigenvalue weighted by Crippen LogP contribution is -2.34. The Morgan fingerprint density at radius 3 is 2.46 bits per heavy atom. The number of benzene rings is 2. The molecule has 0 aliphatic heterocycles. The number of para-hydroxylation sites is 1. The molecule has 1 aliphatic carbocycles. The number of nitrogens with one attached hydrogen (secondary N) is 3. The molecule has 2 aromatic rings. The molecule has 6 heteroatoms. The van der Waals surface area contributed by atoms with Gasteiger partial charge < -0.3 is 16.0 Å². The van der Waals surface area contributed by atoms with E-state index in [1.54, 1.807) is 18.2 Å². The van der Waals surface area contributed by atoms with Gasteiger partial charge in [-0.25, -0.2) is 0 Å². The van der Waals surface area contributed by atoms with E-state index in [2.05, 4.69) is 16.0 Å². The topological polar surface area (TPSA) is 70.2 Å². The molecule has 0 bridgehead atoms. The normalized spacial score (nSPS) is 15.2. The van der Waals surface area contributed by atoms with Crippen LogP contribution in [0, 0.1) is 0 Å². The van der Waals surface area contributed by atoms with Crippen LogP contribution in [0.4, 0.5) is 5.69 Å². The second kappa shape index (κ2) is 9.71. The van der Waals surface area contributed by atoms with Crippen LogP contribution in [0.15, 0.2) is 48.5 Å². The van der Waals surface area contributed by atoms with Crippen LogP contribution < -0.4 is 16.0 Å². The van der Waals surface area contributed by atoms with Crippen molar-refractivity contribution in [3.8, 4) is 0 Å². The van der Waals surface area contributed by atoms with Crippen LogP contribution in [0.5, 0.6) is 0 Å². The highest BCUT2D eigenvalue weighted by Gasteiger charge is 2.20. The highest BCUT2D eigenvalue weighted by atomic mass is 35.5. The number of carbonyl (C=O) groups excluding carboxylic acids is 2. The number of hydrogen-bond acceptors (Lipinski definition) is 3. The Morgan fingerprint density at radius 1 is 1.07 bits per heavy atom. The fourth-order valence-corrected chi connectivity index (χ4v) is 3.56. The largest absolute Gasteiger partial charge is 0.349 e. The minimum absolute atomic E-state index is 0.00363. The summed E-state index contributed by atoms with van der Waals surface area (Å²) in [5, 5.41) is 9.79. The average Bonchev–Trinajstić information content (AvgIpc) is 3.20. The Bertz CT molecular complexity index is 817. The second-order valence-corrected chi connectivity index (χ2v) is 7.64. The molecule has 0 heterocycles. The molecule has 2 amide bonds. The fourth-order valence-electron chi connectivity index (χ4n) is 3.43. The lowest BCUT2D eigenvalue weighted by molar-refractivity contribution is -0.115. The Morgan fingerprint density at radius 2 is 1.75 bits per heavy atom. The molecular formula is C22H26ClN3O2. The number of rotatable bonds is 7. The van der Waals surface area contributed by atoms with Crippen LogP contribution in [0.2, 0.25) is 5.02 Å². The maximum atomic E-state index is 12.6. The molecule has 0 radical (unpaired) electrons. The molecule has 28 heavy (non-hydrogen) atoms. The summed E-state index contributed by atoms with van der Waals surface area (Å²) in [7, 11) is 0. The van der Waals surface area contributed by atoms with Crippen LogP contribution >= 0.6 is 11.6 Å². The lowest BCUT2D eigenvalue weighted by Gasteiger charge is -2.16. The minimum atomic E-state index is -0.193. The molecule has 0 aromatic heterocycles. The summed E-state index contributed by atoms with van der Waals surface area (Å²) in [5.41, 5.74) is 2.07. The van der Waals surface area contributed by atoms with Crippen LogP contribution in [0.1, 0.15) is 54.6 Å². The Balaban J connectivity index is 1.56. The Kier molecular flexibility index (Phi) is 7.06. The van der Waals surface area contributed by atoms with Crippen molar-refractivity contribution < 1.29 is 9.59 Å². The van der Waals surface area contributed by atoms with Gasteiger partial charge in [0.2, 0.25) is 5.91 Å². The minimum Gasteiger partial charge on any atom is -0.349 e. The fraction of sp³-hybridized carbons (Fsp3) is 0.364. The van der Waals surface area contributed by atoms with Gasteiger partial charge in [-0.05, 0) is 49.6 Å². The number of amides is 2. The Labute approximate surface area is 170 Å². The summed E-state index contributed by atoms with van der Waals surface area (Å²) in [5.74, 6) is -0.327. The molecule has 0 spiro atoms. The summed E-state index contributed by atoms with van der Waals surface area (Å²) in [6.07, 6.45) is 4.35. The monoisotopic (exact) mass is 399 g/mol. The third-order valence-electron chi connectivity index (χ3n) is 5.07. The van der Waals surface area contributed by atoms with Gasteiger partial charge in [-0.3, -0.25) is 9.59 Å². The zero-order valence-electron chi connectivity index (χ0n) is 16.0. The van der Waals surface area contributed by atoms with E-state index in [0.29, 0.717) is 16.3 Å². The zero-order valence-corrected chi connectivity index (χ0v) is 16.8. The van der Waals surface area contributed by atoms with Gasteiger partial charge in [0, 0.05) is 17.1 Å². The highest BCUT2D eigenvalue weighted by Crippen LogP contribution is 2.20. The number of anilines is 1. The molecule has 0 unspecified atom stereocenters. The smallest absolute Gasteiger partial charge is 0.253 e. The summed E-state index contributed by atoms with van der Waals surface area (Å²) >= 11 is 5.91. The van der Waals surface area contributed by atoms with Crippen LogP contribution in [0.3, 0.4) is 0 Å². The van der Waals surface area contributed by atoms with E-state index in [0.717, 1.165) is 31.2 Å². The van der Waals surface area contributed by atoms with E-state index in [-0.39, 0.29) is 30.4 Å². The van der Waals surface area contributed by atoms with E-state index in [4.69, 9.17) is 11.6 Å². The van der Waals surface area contributed by atoms with E-state index in [1.165, 1.54) is 0 Å². The summed E-state index contributed by atoms with van der Waals surface area (Å²) in [6.45, 7) is 2.13. The quantitative estimate of drug-likeness (QED) is 0.650. The lowest BCUT2D eigenvalue weighted by atomic mass is 10.1. The van der Waals surface area contributed by atoms with Gasteiger partial charge in [0.15, 0.2) is 0 Å². The van der Waals surface area contributed by atoms with Gasteiger partial charge in [0.25, 0.3) is 5.91 Å². The standard InChI is InChI=1S/C22H26ClN3O2/c1-15(16-10-12-17(23)13-11-16)24-14-21(27)26-20-9-5-4-8-19(20)22(28)25-18-6-2-3-7-18/h4-5,8-13,15,18,24H,2-3,6-7,14H2,1H3,(H,25,28)(H,26,27)/t15-/m0/s1. The first-order valence-electron chi connectivity index (χ1n) is 9.71. The van der Waals surface area contributed by atoms with E-state index < -0.39 is 0 Å². The van der Waals surface area contributed by atoms with Crippen molar-refractivity contribution in [2.75, 3.05) is 11.9 Å². The molecule has 1 aliphatic rings. The third-order valence-corrected chi connectivity index (χ3v) is 5.33. The zero-order chi connectivity index (χ0) is 19.9. The molecule has 1 fully saturated rings. The third kappa shape index (κ3) is 5.57. The molecular weight excluding hydrogens is 374 g/mol. The van der Waals surface area contributed by atoms with Gasteiger partial charge in [0.1, 0.15) is 0 Å². The van der Waals surface area contributed by atoms with Gasteiger partial charge in [0.05, 0.1) is 17.8 Å². The molecule has 1 atom stereocenters. The second-order valence-electron chi connectivity index (χ2n) is 7.20. The van der Waals surface area contributed by atoms with Crippen molar-refractivity contribution >= 4 is 29.1 Å². The highest BCUT2D eigenvalue weighted by molar-refractivity contribution is 6.30. The predicted octanol–water partition coefficient (Wildman–Crippen LogP) is 4.30. The first kappa shape index (κ1) is 20.4. The molecule has 2 aromatic carbocycles. The number of hydrogen-bond donors (Lipinski definition) is 3. The molecule has 1 saturated carbocycles. The van der Waals surface area contributed by atoms with Gasteiger partial charge in [-0.2, -0.15) is 0 Å². The van der Waals surface area contributed by atoms with Crippen molar-refractivity contribution in [1.29, 1.82) is 0 Å². The molecule has 3 rings (SSSR count). The number of carbonyl (C=O) groups is 2.